The fraction of sp³-hybridized carbons (Fsp3) is 0.417. The molecule has 1 aromatic rings. The summed E-state index contributed by atoms with van der Waals surface area (Å²) in [4.78, 5) is 11.1. The summed E-state index contributed by atoms with van der Waals surface area (Å²) in [6, 6.07) is 6.44. The predicted molar refractivity (Wildman–Crippen MR) is 77.9 cm³/mol. The highest BCUT2D eigenvalue weighted by atomic mass is 32.2. The van der Waals surface area contributed by atoms with Gasteiger partial charge in [-0.3, -0.25) is 9.52 Å². The van der Waals surface area contributed by atoms with Crippen LogP contribution in [-0.4, -0.2) is 43.1 Å². The normalized spacial score (nSPS) is 17.1. The van der Waals surface area contributed by atoms with Crippen molar-refractivity contribution in [2.24, 2.45) is 0 Å². The lowest BCUT2D eigenvalue weighted by atomic mass is 10.1. The molecule has 1 saturated heterocycles. The maximum absolute atomic E-state index is 12.1. The van der Waals surface area contributed by atoms with Crippen molar-refractivity contribution in [2.75, 3.05) is 29.3 Å². The first-order valence-corrected chi connectivity index (χ1v) is 8.55. The third-order valence-electron chi connectivity index (χ3n) is 2.85. The zero-order valence-electron chi connectivity index (χ0n) is 10.6. The summed E-state index contributed by atoms with van der Waals surface area (Å²) in [5, 5.41) is 0. The van der Waals surface area contributed by atoms with E-state index in [1.807, 2.05) is 0 Å². The predicted octanol–water partition coefficient (Wildman–Crippen LogP) is 1.59. The molecule has 1 fully saturated rings. The summed E-state index contributed by atoms with van der Waals surface area (Å²) in [5.74, 6) is 1.61. The van der Waals surface area contributed by atoms with Gasteiger partial charge in [0.05, 0.1) is 0 Å². The molecule has 0 radical (unpaired) electrons. The lowest BCUT2D eigenvalue weighted by molar-refractivity contribution is 0.101. The van der Waals surface area contributed by atoms with Crippen LogP contribution in [0.5, 0.6) is 0 Å². The van der Waals surface area contributed by atoms with Gasteiger partial charge < -0.3 is 0 Å². The number of carbonyl (C=O) groups is 1. The van der Waals surface area contributed by atoms with Gasteiger partial charge >= 0.3 is 10.2 Å². The molecule has 0 aliphatic carbocycles. The lowest BCUT2D eigenvalue weighted by Gasteiger charge is -2.25. The number of nitrogens with one attached hydrogen (secondary N) is 1. The van der Waals surface area contributed by atoms with E-state index < -0.39 is 10.2 Å². The van der Waals surface area contributed by atoms with Crippen molar-refractivity contribution in [1.29, 1.82) is 0 Å². The van der Waals surface area contributed by atoms with Crippen LogP contribution < -0.4 is 4.72 Å². The molecule has 1 heterocycles. The molecule has 1 aromatic carbocycles. The number of anilines is 1. The molecule has 5 nitrogen and oxygen atoms in total. The van der Waals surface area contributed by atoms with Crippen LogP contribution in [0.3, 0.4) is 0 Å². The van der Waals surface area contributed by atoms with E-state index in [1.54, 1.807) is 36.0 Å². The molecular formula is C12H16N2O3S2. The Balaban J connectivity index is 2.09. The minimum Gasteiger partial charge on any atom is -0.295 e. The zero-order valence-corrected chi connectivity index (χ0v) is 12.3. The molecule has 0 spiro atoms. The average Bonchev–Trinajstić information content (AvgIpc) is 2.40. The van der Waals surface area contributed by atoms with Gasteiger partial charge in [0.1, 0.15) is 0 Å². The van der Waals surface area contributed by atoms with E-state index in [-0.39, 0.29) is 5.78 Å². The van der Waals surface area contributed by atoms with Gasteiger partial charge in [0.2, 0.25) is 0 Å². The largest absolute Gasteiger partial charge is 0.301 e. The van der Waals surface area contributed by atoms with Crippen molar-refractivity contribution in [3.63, 3.8) is 0 Å². The monoisotopic (exact) mass is 300 g/mol. The Morgan fingerprint density at radius 1 is 1.21 bits per heavy atom. The first-order valence-electron chi connectivity index (χ1n) is 5.96. The Hall–Kier alpha value is -1.05. The number of benzene rings is 1. The van der Waals surface area contributed by atoms with Crippen molar-refractivity contribution in [1.82, 2.24) is 4.31 Å². The average molecular weight is 300 g/mol. The van der Waals surface area contributed by atoms with Crippen LogP contribution in [0.2, 0.25) is 0 Å². The van der Waals surface area contributed by atoms with Crippen LogP contribution in [0.15, 0.2) is 24.3 Å². The highest BCUT2D eigenvalue weighted by Gasteiger charge is 2.23. The highest BCUT2D eigenvalue weighted by Crippen LogP contribution is 2.17. The van der Waals surface area contributed by atoms with Crippen LogP contribution >= 0.6 is 11.8 Å². The summed E-state index contributed by atoms with van der Waals surface area (Å²) < 4.78 is 28.2. The molecule has 0 atom stereocenters. The maximum Gasteiger partial charge on any atom is 0.301 e. The molecule has 0 saturated carbocycles. The minimum absolute atomic E-state index is 0.0394. The van der Waals surface area contributed by atoms with Crippen molar-refractivity contribution in [3.05, 3.63) is 29.8 Å². The topological polar surface area (TPSA) is 66.5 Å². The van der Waals surface area contributed by atoms with Gasteiger partial charge in [-0.2, -0.15) is 24.5 Å². The second kappa shape index (κ2) is 5.94. The second-order valence-electron chi connectivity index (χ2n) is 4.25. The number of carbonyl (C=O) groups excluding carboxylic acids is 1. The van der Waals surface area contributed by atoms with Gasteiger partial charge in [-0.25, -0.2) is 0 Å². The van der Waals surface area contributed by atoms with E-state index in [0.717, 1.165) is 11.5 Å². The molecule has 1 aliphatic rings. The van der Waals surface area contributed by atoms with Gasteiger partial charge in [-0.1, -0.05) is 0 Å². The quantitative estimate of drug-likeness (QED) is 0.858. The summed E-state index contributed by atoms with van der Waals surface area (Å²) >= 11 is 1.75. The molecule has 0 aromatic heterocycles. The molecule has 0 unspecified atom stereocenters. The van der Waals surface area contributed by atoms with Crippen LogP contribution in [0.25, 0.3) is 0 Å². The fourth-order valence-corrected chi connectivity index (χ4v) is 4.13. The number of hydrogen-bond donors (Lipinski definition) is 1. The molecule has 0 bridgehead atoms. The fourth-order valence-electron chi connectivity index (χ4n) is 1.77. The standard InChI is InChI=1S/C12H16N2O3S2/c1-10(15)11-2-4-12(5-3-11)13-19(16,17)14-6-8-18-9-7-14/h2-5,13H,6-9H2,1H3. The van der Waals surface area contributed by atoms with Crippen LogP contribution in [0.1, 0.15) is 17.3 Å². The Bertz CT molecular complexity index is 549. The van der Waals surface area contributed by atoms with Crippen molar-refractivity contribution >= 4 is 33.4 Å². The molecule has 104 valence electrons. The third-order valence-corrected chi connectivity index (χ3v) is 5.33. The molecule has 7 heteroatoms. The molecule has 19 heavy (non-hydrogen) atoms. The lowest BCUT2D eigenvalue weighted by Crippen LogP contribution is -2.41. The number of nitrogens with zero attached hydrogens (tertiary/aromatic N) is 1. The minimum atomic E-state index is -3.48. The summed E-state index contributed by atoms with van der Waals surface area (Å²) in [6.45, 7) is 2.54. The van der Waals surface area contributed by atoms with Crippen molar-refractivity contribution in [3.8, 4) is 0 Å². The van der Waals surface area contributed by atoms with Crippen molar-refractivity contribution < 1.29 is 13.2 Å². The first-order chi connectivity index (χ1) is 8.99. The molecule has 0 amide bonds. The van der Waals surface area contributed by atoms with Gasteiger partial charge in [0.15, 0.2) is 5.78 Å². The smallest absolute Gasteiger partial charge is 0.295 e. The number of hydrogen-bond acceptors (Lipinski definition) is 4. The zero-order chi connectivity index (χ0) is 13.9. The Morgan fingerprint density at radius 2 is 1.79 bits per heavy atom. The third kappa shape index (κ3) is 3.71. The van der Waals surface area contributed by atoms with E-state index in [4.69, 9.17) is 0 Å². The van der Waals surface area contributed by atoms with Crippen LogP contribution in [0.4, 0.5) is 5.69 Å². The van der Waals surface area contributed by atoms with Crippen LogP contribution in [0, 0.1) is 0 Å². The van der Waals surface area contributed by atoms with E-state index in [0.29, 0.717) is 24.3 Å². The molecule has 1 aliphatic heterocycles. The highest BCUT2D eigenvalue weighted by molar-refractivity contribution is 7.99. The summed E-state index contributed by atoms with van der Waals surface area (Å²) in [7, 11) is -3.48. The van der Waals surface area contributed by atoms with E-state index in [2.05, 4.69) is 4.72 Å². The van der Waals surface area contributed by atoms with Gasteiger partial charge in [-0.15, -0.1) is 0 Å². The van der Waals surface area contributed by atoms with E-state index in [9.17, 15) is 13.2 Å². The van der Waals surface area contributed by atoms with Gasteiger partial charge in [0.25, 0.3) is 0 Å². The molecule has 1 N–H and O–H groups in total. The van der Waals surface area contributed by atoms with E-state index >= 15 is 0 Å². The summed E-state index contributed by atoms with van der Waals surface area (Å²) in [5.41, 5.74) is 1.04. The van der Waals surface area contributed by atoms with Gasteiger partial charge in [0, 0.05) is 35.8 Å². The van der Waals surface area contributed by atoms with Gasteiger partial charge in [-0.05, 0) is 31.2 Å². The number of rotatable bonds is 4. The summed E-state index contributed by atoms with van der Waals surface area (Å²) in [6.07, 6.45) is 0. The Kier molecular flexibility index (Phi) is 4.49. The molecule has 2 rings (SSSR count). The number of Topliss-reactive ketones (excluding diaryl/α,β-unsaturated/α-hetero) is 1. The number of thioether (sulfide) groups is 1. The Labute approximate surface area is 117 Å². The second-order valence-corrected chi connectivity index (χ2v) is 7.15. The SMILES string of the molecule is CC(=O)c1ccc(NS(=O)(=O)N2CCSCC2)cc1. The van der Waals surface area contributed by atoms with E-state index in [1.165, 1.54) is 11.2 Å². The Morgan fingerprint density at radius 3 is 2.32 bits per heavy atom. The molecular weight excluding hydrogens is 284 g/mol. The van der Waals surface area contributed by atoms with Crippen molar-refractivity contribution in [2.45, 2.75) is 6.92 Å². The van der Waals surface area contributed by atoms with Crippen LogP contribution in [-0.2, 0) is 10.2 Å². The number of ketones is 1. The maximum atomic E-state index is 12.1. The first kappa shape index (κ1) is 14.4.